The van der Waals surface area contributed by atoms with Crippen molar-refractivity contribution >= 4 is 47.1 Å². The average Bonchev–Trinajstić information content (AvgIpc) is 2.10. The highest BCUT2D eigenvalue weighted by Gasteiger charge is 1.94. The zero-order chi connectivity index (χ0) is 11.3. The molecular weight excluding hydrogens is 251 g/mol. The van der Waals surface area contributed by atoms with E-state index in [1.54, 1.807) is 6.07 Å². The van der Waals surface area contributed by atoms with E-state index >= 15 is 0 Å². The first kappa shape index (κ1) is 12.4. The Kier molecular flexibility index (Phi) is 5.02. The Morgan fingerprint density at radius 3 is 2.47 bits per heavy atom. The van der Waals surface area contributed by atoms with Crippen LogP contribution in [0.25, 0.3) is 6.08 Å². The second-order valence-electron chi connectivity index (χ2n) is 2.83. The first-order valence-corrected chi connectivity index (χ1v) is 5.42. The summed E-state index contributed by atoms with van der Waals surface area (Å²) in [4.78, 5) is 0. The van der Waals surface area contributed by atoms with Gasteiger partial charge in [-0.15, -0.1) is 12.6 Å². The van der Waals surface area contributed by atoms with Crippen molar-refractivity contribution in [1.29, 1.82) is 5.41 Å². The van der Waals surface area contributed by atoms with Crippen LogP contribution >= 0.6 is 35.8 Å². The molecule has 2 nitrogen and oxygen atoms in total. The molecule has 15 heavy (non-hydrogen) atoms. The fourth-order valence-corrected chi connectivity index (χ4v) is 1.66. The Balaban J connectivity index is 2.60. The minimum atomic E-state index is 0.142. The van der Waals surface area contributed by atoms with Crippen LogP contribution in [0.4, 0.5) is 0 Å². The molecule has 0 aromatic heterocycles. The Morgan fingerprint density at radius 2 is 1.93 bits per heavy atom. The first-order valence-electron chi connectivity index (χ1n) is 4.22. The lowest BCUT2D eigenvalue weighted by Gasteiger charge is -1.98. The molecule has 1 rings (SSSR count). The van der Waals surface area contributed by atoms with Crippen LogP contribution in [-0.4, -0.2) is 11.7 Å². The van der Waals surface area contributed by atoms with Crippen molar-refractivity contribution < 1.29 is 0 Å². The summed E-state index contributed by atoms with van der Waals surface area (Å²) < 4.78 is 0. The largest absolute Gasteiger partial charge is 0.362 e. The van der Waals surface area contributed by atoms with Crippen LogP contribution in [0.15, 0.2) is 24.3 Å². The minimum absolute atomic E-state index is 0.142. The van der Waals surface area contributed by atoms with Gasteiger partial charge in [-0.05, 0) is 23.8 Å². The quantitative estimate of drug-likeness (QED) is 0.435. The van der Waals surface area contributed by atoms with Gasteiger partial charge >= 0.3 is 0 Å². The van der Waals surface area contributed by atoms with Crippen molar-refractivity contribution in [3.63, 3.8) is 0 Å². The lowest BCUT2D eigenvalue weighted by molar-refractivity contribution is 1.06. The maximum absolute atomic E-state index is 7.02. The molecule has 0 saturated heterocycles. The number of thiol groups is 1. The smallest absolute Gasteiger partial charge is 0.150 e. The van der Waals surface area contributed by atoms with Gasteiger partial charge in [-0.1, -0.05) is 35.4 Å². The van der Waals surface area contributed by atoms with Gasteiger partial charge in [0.15, 0.2) is 5.17 Å². The SMILES string of the molecule is N=C(S)NCC=Cc1cc(Cl)cc(Cl)c1. The van der Waals surface area contributed by atoms with Crippen molar-refractivity contribution in [1.82, 2.24) is 5.32 Å². The fourth-order valence-electron chi connectivity index (χ4n) is 1.02. The Bertz CT molecular complexity index is 371. The molecule has 0 atom stereocenters. The Morgan fingerprint density at radius 1 is 1.33 bits per heavy atom. The molecule has 0 fully saturated rings. The molecule has 0 amide bonds. The van der Waals surface area contributed by atoms with E-state index in [1.165, 1.54) is 0 Å². The predicted octanol–water partition coefficient (Wildman–Crippen LogP) is 3.46. The van der Waals surface area contributed by atoms with Gasteiger partial charge in [0.25, 0.3) is 0 Å². The number of nitrogens with one attached hydrogen (secondary N) is 2. The van der Waals surface area contributed by atoms with Crippen molar-refractivity contribution in [3.8, 4) is 0 Å². The van der Waals surface area contributed by atoms with Gasteiger partial charge in [0.2, 0.25) is 0 Å². The van der Waals surface area contributed by atoms with E-state index in [-0.39, 0.29) is 5.17 Å². The van der Waals surface area contributed by atoms with E-state index in [0.717, 1.165) is 5.56 Å². The van der Waals surface area contributed by atoms with Gasteiger partial charge in [0.05, 0.1) is 0 Å². The highest BCUT2D eigenvalue weighted by atomic mass is 35.5. The van der Waals surface area contributed by atoms with Crippen molar-refractivity contribution in [2.75, 3.05) is 6.54 Å². The molecule has 0 spiro atoms. The third-order valence-corrected chi connectivity index (χ3v) is 2.18. The molecule has 2 N–H and O–H groups in total. The maximum Gasteiger partial charge on any atom is 0.150 e. The molecular formula is C10H10Cl2N2S. The number of benzene rings is 1. The van der Waals surface area contributed by atoms with E-state index in [1.807, 2.05) is 24.3 Å². The second-order valence-corrected chi connectivity index (χ2v) is 4.15. The molecule has 0 aliphatic rings. The molecule has 1 aromatic carbocycles. The Hall–Kier alpha value is -0.640. The molecule has 0 aliphatic heterocycles. The average molecular weight is 261 g/mol. The summed E-state index contributed by atoms with van der Waals surface area (Å²) in [5, 5.41) is 11.1. The van der Waals surface area contributed by atoms with Gasteiger partial charge < -0.3 is 5.32 Å². The summed E-state index contributed by atoms with van der Waals surface area (Å²) in [6.07, 6.45) is 3.74. The van der Waals surface area contributed by atoms with Crippen molar-refractivity contribution in [2.45, 2.75) is 0 Å². The zero-order valence-electron chi connectivity index (χ0n) is 7.80. The second kappa shape index (κ2) is 6.05. The van der Waals surface area contributed by atoms with E-state index < -0.39 is 0 Å². The van der Waals surface area contributed by atoms with E-state index in [0.29, 0.717) is 16.6 Å². The highest BCUT2D eigenvalue weighted by molar-refractivity contribution is 7.96. The lowest BCUT2D eigenvalue weighted by atomic mass is 10.2. The summed E-state index contributed by atoms with van der Waals surface area (Å²) in [6, 6.07) is 5.31. The predicted molar refractivity (Wildman–Crippen MR) is 70.2 cm³/mol. The van der Waals surface area contributed by atoms with Gasteiger partial charge in [0, 0.05) is 16.6 Å². The maximum atomic E-state index is 7.02. The van der Waals surface area contributed by atoms with Crippen LogP contribution in [0.3, 0.4) is 0 Å². The molecule has 0 unspecified atom stereocenters. The van der Waals surface area contributed by atoms with Crippen LogP contribution in [-0.2, 0) is 0 Å². The zero-order valence-corrected chi connectivity index (χ0v) is 10.2. The lowest BCUT2D eigenvalue weighted by Crippen LogP contribution is -2.16. The number of amidine groups is 1. The molecule has 0 saturated carbocycles. The monoisotopic (exact) mass is 260 g/mol. The summed E-state index contributed by atoms with van der Waals surface area (Å²) >= 11 is 15.5. The number of halogens is 2. The number of hydrogen-bond acceptors (Lipinski definition) is 1. The van der Waals surface area contributed by atoms with Gasteiger partial charge in [-0.2, -0.15) is 0 Å². The molecule has 0 aliphatic carbocycles. The first-order chi connectivity index (χ1) is 7.08. The molecule has 0 heterocycles. The highest BCUT2D eigenvalue weighted by Crippen LogP contribution is 2.19. The molecule has 5 heteroatoms. The summed E-state index contributed by atoms with van der Waals surface area (Å²) in [5.41, 5.74) is 0.931. The van der Waals surface area contributed by atoms with E-state index in [2.05, 4.69) is 17.9 Å². The number of hydrogen-bond donors (Lipinski definition) is 3. The van der Waals surface area contributed by atoms with Crippen LogP contribution in [0, 0.1) is 5.41 Å². The topological polar surface area (TPSA) is 35.9 Å². The molecule has 80 valence electrons. The standard InChI is InChI=1S/C10H10Cl2N2S/c11-8-4-7(5-9(12)6-8)2-1-3-14-10(13)15/h1-2,4-6H,3H2,(H3,13,14,15). The molecule has 1 aromatic rings. The fraction of sp³-hybridized carbons (Fsp3) is 0.100. The van der Waals surface area contributed by atoms with Crippen molar-refractivity contribution in [3.05, 3.63) is 39.9 Å². The molecule has 0 radical (unpaired) electrons. The Labute approximate surface area is 104 Å². The van der Waals surface area contributed by atoms with Crippen molar-refractivity contribution in [2.24, 2.45) is 0 Å². The van der Waals surface area contributed by atoms with Gasteiger partial charge in [0.1, 0.15) is 0 Å². The normalized spacial score (nSPS) is 10.6. The summed E-state index contributed by atoms with van der Waals surface area (Å²) in [6.45, 7) is 0.548. The van der Waals surface area contributed by atoms with Crippen LogP contribution < -0.4 is 5.32 Å². The van der Waals surface area contributed by atoms with Crippen LogP contribution in [0.2, 0.25) is 10.0 Å². The van der Waals surface area contributed by atoms with Crippen LogP contribution in [0.5, 0.6) is 0 Å². The molecule has 0 bridgehead atoms. The van der Waals surface area contributed by atoms with Gasteiger partial charge in [-0.25, -0.2) is 0 Å². The summed E-state index contributed by atoms with van der Waals surface area (Å²) in [5.74, 6) is 0. The summed E-state index contributed by atoms with van der Waals surface area (Å²) in [7, 11) is 0. The third-order valence-electron chi connectivity index (χ3n) is 1.58. The van der Waals surface area contributed by atoms with E-state index in [9.17, 15) is 0 Å². The van der Waals surface area contributed by atoms with E-state index in [4.69, 9.17) is 28.6 Å². The van der Waals surface area contributed by atoms with Crippen LogP contribution in [0.1, 0.15) is 5.56 Å². The van der Waals surface area contributed by atoms with Gasteiger partial charge in [-0.3, -0.25) is 5.41 Å². The minimum Gasteiger partial charge on any atom is -0.362 e. The number of rotatable bonds is 3. The third kappa shape index (κ3) is 5.11.